The summed E-state index contributed by atoms with van der Waals surface area (Å²) in [5.74, 6) is -2.16. The van der Waals surface area contributed by atoms with E-state index in [4.69, 9.17) is 15.6 Å². The van der Waals surface area contributed by atoms with E-state index < -0.39 is 55.1 Å². The zero-order chi connectivity index (χ0) is 14.0. The van der Waals surface area contributed by atoms with Crippen LogP contribution in [0.1, 0.15) is 6.92 Å². The predicted octanol–water partition coefficient (Wildman–Crippen LogP) is -3.69. The molecule has 0 aromatic carbocycles. The fourth-order valence-corrected chi connectivity index (χ4v) is 2.10. The highest BCUT2D eigenvalue weighted by atomic mass is 16.5. The monoisotopic (exact) mass is 265 g/mol. The number of hydrogen-bond acceptors (Lipinski definition) is 7. The first-order valence-electron chi connectivity index (χ1n) is 5.59. The SMILES string of the molecule is CC(O)C(C(N)=O)[C@@H]1O[C@H](CO)[C@H](O)[C@H](O)[C@H]1O. The van der Waals surface area contributed by atoms with Crippen LogP contribution in [0.3, 0.4) is 0 Å². The summed E-state index contributed by atoms with van der Waals surface area (Å²) in [5.41, 5.74) is 5.10. The van der Waals surface area contributed by atoms with Gasteiger partial charge in [-0.25, -0.2) is 0 Å². The fourth-order valence-electron chi connectivity index (χ4n) is 2.10. The zero-order valence-electron chi connectivity index (χ0n) is 9.88. The fraction of sp³-hybridized carbons (Fsp3) is 0.900. The minimum absolute atomic E-state index is 0.604. The van der Waals surface area contributed by atoms with Crippen molar-refractivity contribution in [2.24, 2.45) is 11.7 Å². The van der Waals surface area contributed by atoms with E-state index in [0.29, 0.717) is 0 Å². The highest BCUT2D eigenvalue weighted by molar-refractivity contribution is 5.78. The summed E-state index contributed by atoms with van der Waals surface area (Å²) in [6.07, 6.45) is -8.32. The van der Waals surface area contributed by atoms with Gasteiger partial charge in [0.25, 0.3) is 0 Å². The summed E-state index contributed by atoms with van der Waals surface area (Å²) in [6.45, 7) is 0.684. The second kappa shape index (κ2) is 5.91. The molecule has 0 bridgehead atoms. The van der Waals surface area contributed by atoms with Crippen molar-refractivity contribution < 1.29 is 35.1 Å². The lowest BCUT2D eigenvalue weighted by atomic mass is 9.85. The van der Waals surface area contributed by atoms with Crippen molar-refractivity contribution in [3.63, 3.8) is 0 Å². The van der Waals surface area contributed by atoms with E-state index in [1.54, 1.807) is 0 Å². The second-order valence-electron chi connectivity index (χ2n) is 4.46. The largest absolute Gasteiger partial charge is 0.394 e. The molecule has 0 aliphatic carbocycles. The molecule has 0 saturated carbocycles. The van der Waals surface area contributed by atoms with Crippen LogP contribution in [0.2, 0.25) is 0 Å². The Kier molecular flexibility index (Phi) is 5.02. The summed E-state index contributed by atoms with van der Waals surface area (Å²) in [7, 11) is 0. The van der Waals surface area contributed by atoms with E-state index in [1.807, 2.05) is 0 Å². The molecule has 1 aliphatic rings. The molecule has 1 amide bonds. The number of rotatable bonds is 4. The Labute approximate surface area is 104 Å². The van der Waals surface area contributed by atoms with Crippen LogP contribution in [0.4, 0.5) is 0 Å². The van der Waals surface area contributed by atoms with E-state index >= 15 is 0 Å². The Morgan fingerprint density at radius 2 is 1.83 bits per heavy atom. The lowest BCUT2D eigenvalue weighted by molar-refractivity contribution is -0.245. The summed E-state index contributed by atoms with van der Waals surface area (Å²) in [4.78, 5) is 11.2. The van der Waals surface area contributed by atoms with E-state index in [9.17, 15) is 25.2 Å². The molecule has 7 N–H and O–H groups in total. The van der Waals surface area contributed by atoms with Gasteiger partial charge in [-0.15, -0.1) is 0 Å². The molecule has 0 spiro atoms. The number of amides is 1. The molecule has 1 rings (SSSR count). The molecule has 8 nitrogen and oxygen atoms in total. The van der Waals surface area contributed by atoms with Crippen molar-refractivity contribution in [3.05, 3.63) is 0 Å². The van der Waals surface area contributed by atoms with Gasteiger partial charge in [0.2, 0.25) is 5.91 Å². The van der Waals surface area contributed by atoms with E-state index in [0.717, 1.165) is 0 Å². The van der Waals surface area contributed by atoms with Crippen LogP contribution >= 0.6 is 0 Å². The Morgan fingerprint density at radius 3 is 2.22 bits per heavy atom. The van der Waals surface area contributed by atoms with Crippen molar-refractivity contribution in [2.45, 2.75) is 43.5 Å². The first-order chi connectivity index (χ1) is 8.31. The molecule has 2 unspecified atom stereocenters. The Morgan fingerprint density at radius 1 is 1.28 bits per heavy atom. The van der Waals surface area contributed by atoms with Crippen LogP contribution in [-0.4, -0.2) is 74.7 Å². The lowest BCUT2D eigenvalue weighted by Gasteiger charge is -2.42. The molecule has 1 fully saturated rings. The Bertz CT molecular complexity index is 296. The van der Waals surface area contributed by atoms with Crippen LogP contribution in [0.5, 0.6) is 0 Å². The molecule has 1 aliphatic heterocycles. The molecule has 7 atom stereocenters. The highest BCUT2D eigenvalue weighted by Crippen LogP contribution is 2.27. The van der Waals surface area contributed by atoms with Gasteiger partial charge in [-0.05, 0) is 6.92 Å². The third-order valence-corrected chi connectivity index (χ3v) is 3.13. The van der Waals surface area contributed by atoms with Gasteiger partial charge >= 0.3 is 0 Å². The number of primary amides is 1. The van der Waals surface area contributed by atoms with Crippen molar-refractivity contribution in [1.29, 1.82) is 0 Å². The minimum Gasteiger partial charge on any atom is -0.394 e. The molecule has 8 heteroatoms. The molecule has 0 aromatic heterocycles. The normalized spacial score (nSPS) is 40.2. The molecular formula is C10H19NO7. The summed E-state index contributed by atoms with van der Waals surface area (Å²) < 4.78 is 5.14. The number of carbonyl (C=O) groups is 1. The molecule has 106 valence electrons. The Balaban J connectivity index is 2.95. The third-order valence-electron chi connectivity index (χ3n) is 3.13. The number of ether oxygens (including phenoxy) is 1. The van der Waals surface area contributed by atoms with Gasteiger partial charge in [0.05, 0.1) is 18.6 Å². The van der Waals surface area contributed by atoms with Gasteiger partial charge in [0, 0.05) is 0 Å². The quantitative estimate of drug-likeness (QED) is 0.306. The maximum Gasteiger partial charge on any atom is 0.225 e. The van der Waals surface area contributed by atoms with Crippen molar-refractivity contribution in [1.82, 2.24) is 0 Å². The van der Waals surface area contributed by atoms with Crippen LogP contribution < -0.4 is 5.73 Å². The van der Waals surface area contributed by atoms with Gasteiger partial charge in [-0.3, -0.25) is 4.79 Å². The molecule has 0 aromatic rings. The standard InChI is InChI=1S/C10H19NO7/c1-3(13)5(10(11)17)9-8(16)7(15)6(14)4(2-12)18-9/h3-9,12-16H,2H2,1H3,(H2,11,17)/t3?,4-,5?,6+,7+,8-,9+/m1/s1. The van der Waals surface area contributed by atoms with E-state index in [2.05, 4.69) is 0 Å². The second-order valence-corrected chi connectivity index (χ2v) is 4.46. The predicted molar refractivity (Wildman–Crippen MR) is 58.1 cm³/mol. The first kappa shape index (κ1) is 15.3. The maximum atomic E-state index is 11.2. The summed E-state index contributed by atoms with van der Waals surface area (Å²) in [6, 6.07) is 0. The lowest BCUT2D eigenvalue weighted by Crippen LogP contribution is -2.62. The molecule has 18 heavy (non-hydrogen) atoms. The summed E-state index contributed by atoms with van der Waals surface area (Å²) >= 11 is 0. The van der Waals surface area contributed by atoms with E-state index in [-0.39, 0.29) is 0 Å². The molecule has 0 radical (unpaired) electrons. The zero-order valence-corrected chi connectivity index (χ0v) is 9.88. The number of carbonyl (C=O) groups excluding carboxylic acids is 1. The smallest absolute Gasteiger partial charge is 0.225 e. The van der Waals surface area contributed by atoms with Gasteiger partial charge in [-0.2, -0.15) is 0 Å². The number of aliphatic hydroxyl groups is 5. The third kappa shape index (κ3) is 2.79. The van der Waals surface area contributed by atoms with Crippen LogP contribution in [0.15, 0.2) is 0 Å². The first-order valence-corrected chi connectivity index (χ1v) is 5.59. The van der Waals surface area contributed by atoms with Crippen LogP contribution in [0, 0.1) is 5.92 Å². The topological polar surface area (TPSA) is 153 Å². The van der Waals surface area contributed by atoms with Crippen molar-refractivity contribution in [2.75, 3.05) is 6.61 Å². The number of aliphatic hydroxyl groups excluding tert-OH is 5. The maximum absolute atomic E-state index is 11.2. The number of nitrogens with two attached hydrogens (primary N) is 1. The molecular weight excluding hydrogens is 246 g/mol. The van der Waals surface area contributed by atoms with Crippen molar-refractivity contribution in [3.8, 4) is 0 Å². The van der Waals surface area contributed by atoms with Crippen LogP contribution in [-0.2, 0) is 9.53 Å². The molecule has 1 saturated heterocycles. The average Bonchev–Trinajstić information content (AvgIpc) is 2.28. The average molecular weight is 265 g/mol. The van der Waals surface area contributed by atoms with Crippen molar-refractivity contribution >= 4 is 5.91 Å². The van der Waals surface area contributed by atoms with Gasteiger partial charge in [0.15, 0.2) is 0 Å². The van der Waals surface area contributed by atoms with Crippen LogP contribution in [0.25, 0.3) is 0 Å². The molecule has 1 heterocycles. The van der Waals surface area contributed by atoms with Gasteiger partial charge in [0.1, 0.15) is 30.5 Å². The minimum atomic E-state index is -1.60. The summed E-state index contributed by atoms with van der Waals surface area (Å²) in [5, 5.41) is 47.3. The van der Waals surface area contributed by atoms with Gasteiger partial charge in [-0.1, -0.05) is 0 Å². The number of hydrogen-bond donors (Lipinski definition) is 6. The van der Waals surface area contributed by atoms with E-state index in [1.165, 1.54) is 6.92 Å². The Hall–Kier alpha value is -0.770. The van der Waals surface area contributed by atoms with Gasteiger partial charge < -0.3 is 36.0 Å². The highest BCUT2D eigenvalue weighted by Gasteiger charge is 2.48.